The van der Waals surface area contributed by atoms with Crippen LogP contribution in [0.5, 0.6) is 0 Å². The van der Waals surface area contributed by atoms with Crippen LogP contribution in [0.2, 0.25) is 0 Å². The van der Waals surface area contributed by atoms with Crippen LogP contribution in [0.25, 0.3) is 10.9 Å². The average Bonchev–Trinajstić information content (AvgIpc) is 2.80. The number of anilines is 1. The number of aryl methyl sites for hydroxylation is 1. The van der Waals surface area contributed by atoms with Gasteiger partial charge in [-0.1, -0.05) is 0 Å². The van der Waals surface area contributed by atoms with Crippen LogP contribution in [0.4, 0.5) is 14.9 Å². The van der Waals surface area contributed by atoms with Crippen molar-refractivity contribution in [3.05, 3.63) is 29.7 Å². The van der Waals surface area contributed by atoms with E-state index in [1.807, 2.05) is 0 Å². The smallest absolute Gasteiger partial charge is 0.328 e. The largest absolute Gasteiger partial charge is 0.361 e. The molecule has 0 radical (unpaired) electrons. The van der Waals surface area contributed by atoms with Crippen molar-refractivity contribution in [3.63, 3.8) is 0 Å². The number of aromatic nitrogens is 1. The summed E-state index contributed by atoms with van der Waals surface area (Å²) in [6.07, 6.45) is 1.90. The summed E-state index contributed by atoms with van der Waals surface area (Å²) in [5, 5.41) is 2.95. The first-order valence-corrected chi connectivity index (χ1v) is 5.95. The lowest BCUT2D eigenvalue weighted by Gasteiger charge is -2.28. The fourth-order valence-corrected chi connectivity index (χ4v) is 2.44. The maximum Gasteiger partial charge on any atom is 0.328 e. The number of benzene rings is 1. The molecule has 2 aromatic rings. The van der Waals surface area contributed by atoms with E-state index in [4.69, 9.17) is 0 Å². The lowest BCUT2D eigenvalue weighted by molar-refractivity contribution is -0.120. The number of carbonyl (C=O) groups is 2. The van der Waals surface area contributed by atoms with Crippen molar-refractivity contribution in [2.75, 3.05) is 11.4 Å². The molecular formula is C13H12FN3O2. The third kappa shape index (κ3) is 1.76. The number of hydrogen-bond donors (Lipinski definition) is 2. The second kappa shape index (κ2) is 4.08. The topological polar surface area (TPSA) is 65.2 Å². The fourth-order valence-electron chi connectivity index (χ4n) is 2.44. The van der Waals surface area contributed by atoms with Gasteiger partial charge in [-0.05, 0) is 24.6 Å². The molecule has 3 rings (SSSR count). The Kier molecular flexibility index (Phi) is 2.51. The van der Waals surface area contributed by atoms with Gasteiger partial charge in [0.25, 0.3) is 0 Å². The number of carbonyl (C=O) groups excluding carboxylic acids is 2. The van der Waals surface area contributed by atoms with Crippen LogP contribution in [0.3, 0.4) is 0 Å². The number of H-pyrrole nitrogens is 1. The molecule has 1 aromatic heterocycles. The molecule has 0 aliphatic carbocycles. The summed E-state index contributed by atoms with van der Waals surface area (Å²) in [7, 11) is 0. The highest BCUT2D eigenvalue weighted by Crippen LogP contribution is 2.31. The number of imide groups is 1. The predicted molar refractivity (Wildman–Crippen MR) is 68.5 cm³/mol. The number of hydrogen-bond acceptors (Lipinski definition) is 2. The SMILES string of the molecule is Cc1c(N2CCC(=O)NC2=O)c(F)cc2cc[nH]c12. The minimum atomic E-state index is -0.579. The Morgan fingerprint density at radius 3 is 2.89 bits per heavy atom. The molecule has 0 bridgehead atoms. The van der Waals surface area contributed by atoms with Crippen LogP contribution < -0.4 is 10.2 Å². The molecule has 2 N–H and O–H groups in total. The number of rotatable bonds is 1. The van der Waals surface area contributed by atoms with E-state index in [0.717, 1.165) is 10.9 Å². The van der Waals surface area contributed by atoms with E-state index in [9.17, 15) is 14.0 Å². The molecule has 2 heterocycles. The zero-order chi connectivity index (χ0) is 13.6. The molecule has 0 unspecified atom stereocenters. The van der Waals surface area contributed by atoms with Crippen LogP contribution in [0.1, 0.15) is 12.0 Å². The molecule has 1 aliphatic heterocycles. The Labute approximate surface area is 108 Å². The van der Waals surface area contributed by atoms with Crippen molar-refractivity contribution in [1.82, 2.24) is 10.3 Å². The second-order valence-electron chi connectivity index (χ2n) is 4.53. The molecule has 98 valence electrons. The zero-order valence-corrected chi connectivity index (χ0v) is 10.3. The number of nitrogens with zero attached hydrogens (tertiary/aromatic N) is 1. The van der Waals surface area contributed by atoms with E-state index >= 15 is 0 Å². The first-order chi connectivity index (χ1) is 9.08. The molecule has 5 nitrogen and oxygen atoms in total. The van der Waals surface area contributed by atoms with Gasteiger partial charge in [0, 0.05) is 24.5 Å². The number of fused-ring (bicyclic) bond motifs is 1. The third-order valence-electron chi connectivity index (χ3n) is 3.34. The highest BCUT2D eigenvalue weighted by atomic mass is 19.1. The quantitative estimate of drug-likeness (QED) is 0.825. The molecule has 0 saturated carbocycles. The van der Waals surface area contributed by atoms with Gasteiger partial charge >= 0.3 is 6.03 Å². The summed E-state index contributed by atoms with van der Waals surface area (Å²) in [6.45, 7) is 1.94. The standard InChI is InChI=1S/C13H12FN3O2/c1-7-11-8(2-4-15-11)6-9(14)12(7)17-5-3-10(18)16-13(17)19/h2,4,6,15H,3,5H2,1H3,(H,16,18,19). The highest BCUT2D eigenvalue weighted by molar-refractivity contribution is 6.07. The molecule has 0 spiro atoms. The van der Waals surface area contributed by atoms with E-state index in [1.54, 1.807) is 19.2 Å². The summed E-state index contributed by atoms with van der Waals surface area (Å²) >= 11 is 0. The molecular weight excluding hydrogens is 249 g/mol. The number of halogens is 1. The van der Waals surface area contributed by atoms with Crippen molar-refractivity contribution in [2.45, 2.75) is 13.3 Å². The van der Waals surface area contributed by atoms with E-state index < -0.39 is 11.8 Å². The Bertz CT molecular complexity index is 692. The van der Waals surface area contributed by atoms with E-state index in [0.29, 0.717) is 5.56 Å². The van der Waals surface area contributed by atoms with Crippen LogP contribution in [-0.4, -0.2) is 23.5 Å². The van der Waals surface area contributed by atoms with Gasteiger partial charge in [-0.3, -0.25) is 15.0 Å². The molecule has 3 amide bonds. The number of amides is 3. The summed E-state index contributed by atoms with van der Waals surface area (Å²) in [4.78, 5) is 27.2. The van der Waals surface area contributed by atoms with Gasteiger partial charge in [0.2, 0.25) is 5.91 Å². The maximum absolute atomic E-state index is 14.2. The highest BCUT2D eigenvalue weighted by Gasteiger charge is 2.28. The lowest BCUT2D eigenvalue weighted by Crippen LogP contribution is -2.50. The van der Waals surface area contributed by atoms with Crippen LogP contribution in [0.15, 0.2) is 18.3 Å². The molecule has 19 heavy (non-hydrogen) atoms. The Balaban J connectivity index is 2.14. The van der Waals surface area contributed by atoms with Crippen LogP contribution in [0, 0.1) is 12.7 Å². The third-order valence-corrected chi connectivity index (χ3v) is 3.34. The van der Waals surface area contributed by atoms with Crippen molar-refractivity contribution in [2.24, 2.45) is 0 Å². The van der Waals surface area contributed by atoms with E-state index in [2.05, 4.69) is 10.3 Å². The Hall–Kier alpha value is -2.37. The van der Waals surface area contributed by atoms with Gasteiger partial charge in [0.05, 0.1) is 11.2 Å². The average molecular weight is 261 g/mol. The molecule has 6 heteroatoms. The van der Waals surface area contributed by atoms with Crippen molar-refractivity contribution in [1.29, 1.82) is 0 Å². The van der Waals surface area contributed by atoms with Crippen LogP contribution in [-0.2, 0) is 4.79 Å². The first kappa shape index (κ1) is 11.7. The van der Waals surface area contributed by atoms with Crippen LogP contribution >= 0.6 is 0 Å². The van der Waals surface area contributed by atoms with Gasteiger partial charge in [-0.15, -0.1) is 0 Å². The summed E-state index contributed by atoms with van der Waals surface area (Å²) in [6, 6.07) is 2.58. The fraction of sp³-hybridized carbons (Fsp3) is 0.231. The molecule has 1 fully saturated rings. The minimum Gasteiger partial charge on any atom is -0.361 e. The number of aromatic amines is 1. The zero-order valence-electron chi connectivity index (χ0n) is 10.3. The normalized spacial score (nSPS) is 16.0. The predicted octanol–water partition coefficient (Wildman–Crippen LogP) is 2.06. The van der Waals surface area contributed by atoms with Gasteiger partial charge < -0.3 is 4.98 Å². The van der Waals surface area contributed by atoms with Gasteiger partial charge in [0.1, 0.15) is 5.82 Å². The Morgan fingerprint density at radius 1 is 1.37 bits per heavy atom. The monoisotopic (exact) mass is 261 g/mol. The summed E-state index contributed by atoms with van der Waals surface area (Å²) in [5.74, 6) is -0.797. The number of nitrogens with one attached hydrogen (secondary N) is 2. The number of urea groups is 1. The lowest BCUT2D eigenvalue weighted by atomic mass is 10.1. The second-order valence-corrected chi connectivity index (χ2v) is 4.53. The van der Waals surface area contributed by atoms with Crippen molar-refractivity contribution < 1.29 is 14.0 Å². The Morgan fingerprint density at radius 2 is 2.16 bits per heavy atom. The summed E-state index contributed by atoms with van der Waals surface area (Å²) < 4.78 is 14.2. The van der Waals surface area contributed by atoms with Gasteiger partial charge in [-0.2, -0.15) is 0 Å². The van der Waals surface area contributed by atoms with Gasteiger partial charge in [0.15, 0.2) is 0 Å². The first-order valence-electron chi connectivity index (χ1n) is 5.95. The van der Waals surface area contributed by atoms with E-state index in [-0.39, 0.29) is 24.6 Å². The molecule has 0 atom stereocenters. The molecule has 1 aliphatic rings. The summed E-state index contributed by atoms with van der Waals surface area (Å²) in [5.41, 5.74) is 1.67. The van der Waals surface area contributed by atoms with Crippen molar-refractivity contribution in [3.8, 4) is 0 Å². The van der Waals surface area contributed by atoms with E-state index in [1.165, 1.54) is 11.0 Å². The van der Waals surface area contributed by atoms with Gasteiger partial charge in [-0.25, -0.2) is 9.18 Å². The molecule has 1 saturated heterocycles. The maximum atomic E-state index is 14.2. The van der Waals surface area contributed by atoms with Crippen molar-refractivity contribution >= 4 is 28.5 Å². The molecule has 1 aromatic carbocycles. The minimum absolute atomic E-state index is 0.174.